The zero-order valence-corrected chi connectivity index (χ0v) is 16.4. The van der Waals surface area contributed by atoms with E-state index >= 15 is 0 Å². The van der Waals surface area contributed by atoms with Gasteiger partial charge >= 0.3 is 10.8 Å². The number of thiophene rings is 1. The highest BCUT2D eigenvalue weighted by Gasteiger charge is 2.24. The number of hydrogen-bond donors (Lipinski definition) is 1. The molecule has 0 saturated heterocycles. The van der Waals surface area contributed by atoms with Crippen LogP contribution in [0.2, 0.25) is 0 Å². The molecule has 3 aromatic heterocycles. The third-order valence-electron chi connectivity index (χ3n) is 3.85. The van der Waals surface area contributed by atoms with Crippen molar-refractivity contribution in [3.05, 3.63) is 50.1 Å². The Kier molecular flexibility index (Phi) is 5.92. The van der Waals surface area contributed by atoms with Crippen LogP contribution in [-0.2, 0) is 16.1 Å². The van der Waals surface area contributed by atoms with Crippen LogP contribution in [0.3, 0.4) is 0 Å². The third-order valence-corrected chi connectivity index (χ3v) is 5.63. The minimum atomic E-state index is -0.523. The second-order valence-electron chi connectivity index (χ2n) is 5.64. The molecular weight excluding hydrogens is 388 g/mol. The van der Waals surface area contributed by atoms with E-state index in [-0.39, 0.29) is 35.9 Å². The Morgan fingerprint density at radius 3 is 2.74 bits per heavy atom. The van der Waals surface area contributed by atoms with Crippen LogP contribution in [-0.4, -0.2) is 23.1 Å². The Hall–Kier alpha value is -2.65. The number of furan rings is 1. The van der Waals surface area contributed by atoms with Crippen molar-refractivity contribution in [2.24, 2.45) is 0 Å². The van der Waals surface area contributed by atoms with Crippen LogP contribution in [0.5, 0.6) is 0 Å². The standard InChI is InChI=1S/C18H18N2O5S2/c1-3-24-17(22)15-12(13-5-4-8-25-13)10-26-16(15)19-14(21)6-7-20-11(2)9-27-18(20)23/h4-5,8-10H,3,6-7H2,1-2H3,(H,19,21). The second-order valence-corrected chi connectivity index (χ2v) is 7.34. The number of carbonyl (C=O) groups excluding carboxylic acids is 2. The molecule has 3 heterocycles. The lowest BCUT2D eigenvalue weighted by molar-refractivity contribution is -0.116. The maximum atomic E-state index is 12.4. The first-order chi connectivity index (χ1) is 13.0. The van der Waals surface area contributed by atoms with Crippen molar-refractivity contribution in [2.75, 3.05) is 11.9 Å². The number of ether oxygens (including phenoxy) is 1. The molecule has 0 spiro atoms. The van der Waals surface area contributed by atoms with E-state index in [1.165, 1.54) is 17.6 Å². The molecule has 0 bridgehead atoms. The molecule has 0 fully saturated rings. The Morgan fingerprint density at radius 1 is 1.30 bits per heavy atom. The number of aromatic nitrogens is 1. The van der Waals surface area contributed by atoms with E-state index in [1.54, 1.807) is 34.4 Å². The number of nitrogens with zero attached hydrogens (tertiary/aromatic N) is 1. The zero-order chi connectivity index (χ0) is 19.4. The summed E-state index contributed by atoms with van der Waals surface area (Å²) in [4.78, 5) is 36.4. The number of rotatable bonds is 7. The van der Waals surface area contributed by atoms with Crippen LogP contribution in [0.1, 0.15) is 29.4 Å². The van der Waals surface area contributed by atoms with Gasteiger partial charge in [-0.3, -0.25) is 9.59 Å². The number of thiazole rings is 1. The van der Waals surface area contributed by atoms with Crippen LogP contribution in [0.4, 0.5) is 5.00 Å². The van der Waals surface area contributed by atoms with E-state index in [9.17, 15) is 14.4 Å². The number of amides is 1. The normalized spacial score (nSPS) is 10.7. The Bertz CT molecular complexity index is 998. The molecule has 0 aliphatic rings. The molecule has 9 heteroatoms. The van der Waals surface area contributed by atoms with Gasteiger partial charge in [0.05, 0.1) is 12.9 Å². The fraction of sp³-hybridized carbons (Fsp3) is 0.278. The largest absolute Gasteiger partial charge is 0.464 e. The highest BCUT2D eigenvalue weighted by atomic mass is 32.1. The summed E-state index contributed by atoms with van der Waals surface area (Å²) in [6, 6.07) is 3.46. The molecule has 0 aliphatic carbocycles. The topological polar surface area (TPSA) is 90.5 Å². The molecule has 0 unspecified atom stereocenters. The van der Waals surface area contributed by atoms with Gasteiger partial charge in [0.2, 0.25) is 5.91 Å². The fourth-order valence-corrected chi connectivity index (χ4v) is 4.26. The molecule has 27 heavy (non-hydrogen) atoms. The lowest BCUT2D eigenvalue weighted by Gasteiger charge is -2.08. The minimum absolute atomic E-state index is 0.0938. The van der Waals surface area contributed by atoms with Gasteiger partial charge in [0.25, 0.3) is 0 Å². The lowest BCUT2D eigenvalue weighted by Crippen LogP contribution is -2.20. The molecule has 1 N–H and O–H groups in total. The van der Waals surface area contributed by atoms with Gasteiger partial charge in [0.1, 0.15) is 16.3 Å². The third kappa shape index (κ3) is 4.20. The molecule has 142 valence electrons. The van der Waals surface area contributed by atoms with E-state index in [0.29, 0.717) is 16.3 Å². The van der Waals surface area contributed by atoms with Gasteiger partial charge in [-0.1, -0.05) is 11.3 Å². The summed E-state index contributed by atoms with van der Waals surface area (Å²) < 4.78 is 12.1. The molecule has 0 aromatic carbocycles. The summed E-state index contributed by atoms with van der Waals surface area (Å²) in [6.45, 7) is 4.05. The summed E-state index contributed by atoms with van der Waals surface area (Å²) in [5.41, 5.74) is 1.67. The van der Waals surface area contributed by atoms with Crippen LogP contribution in [0.15, 0.2) is 38.4 Å². The number of anilines is 1. The first-order valence-corrected chi connectivity index (χ1v) is 10.0. The van der Waals surface area contributed by atoms with E-state index in [2.05, 4.69) is 5.32 Å². The number of nitrogens with one attached hydrogen (secondary N) is 1. The van der Waals surface area contributed by atoms with Crippen molar-refractivity contribution < 1.29 is 18.7 Å². The van der Waals surface area contributed by atoms with Gasteiger partial charge in [-0.15, -0.1) is 11.3 Å². The number of hydrogen-bond acceptors (Lipinski definition) is 7. The molecule has 0 radical (unpaired) electrons. The molecule has 3 rings (SSSR count). The zero-order valence-electron chi connectivity index (χ0n) is 14.8. The lowest BCUT2D eigenvalue weighted by atomic mass is 10.1. The highest BCUT2D eigenvalue weighted by Crippen LogP contribution is 2.36. The monoisotopic (exact) mass is 406 g/mol. The highest BCUT2D eigenvalue weighted by molar-refractivity contribution is 7.15. The maximum Gasteiger partial charge on any atom is 0.341 e. The van der Waals surface area contributed by atoms with Gasteiger partial charge in [0, 0.05) is 35.0 Å². The van der Waals surface area contributed by atoms with Crippen LogP contribution >= 0.6 is 22.7 Å². The van der Waals surface area contributed by atoms with Crippen molar-refractivity contribution in [1.29, 1.82) is 0 Å². The smallest absolute Gasteiger partial charge is 0.341 e. The second kappa shape index (κ2) is 8.36. The Labute approximate surface area is 163 Å². The van der Waals surface area contributed by atoms with Crippen LogP contribution in [0.25, 0.3) is 11.3 Å². The fourth-order valence-electron chi connectivity index (χ4n) is 2.55. The molecule has 0 saturated carbocycles. The predicted octanol–water partition coefficient (Wildman–Crippen LogP) is 3.75. The number of carbonyl (C=O) groups is 2. The van der Waals surface area contributed by atoms with Crippen molar-refractivity contribution >= 4 is 39.6 Å². The van der Waals surface area contributed by atoms with E-state index in [1.807, 2.05) is 6.92 Å². The Balaban J connectivity index is 1.78. The van der Waals surface area contributed by atoms with Gasteiger partial charge in [-0.05, 0) is 26.0 Å². The average molecular weight is 406 g/mol. The number of esters is 1. The predicted molar refractivity (Wildman–Crippen MR) is 105 cm³/mol. The SMILES string of the molecule is CCOC(=O)c1c(-c2ccco2)csc1NC(=O)CCn1c(C)csc1=O. The van der Waals surface area contributed by atoms with Crippen molar-refractivity contribution in [3.8, 4) is 11.3 Å². The molecular formula is C18H18N2O5S2. The minimum Gasteiger partial charge on any atom is -0.464 e. The van der Waals surface area contributed by atoms with Crippen molar-refractivity contribution in [2.45, 2.75) is 26.8 Å². The molecule has 3 aromatic rings. The summed E-state index contributed by atoms with van der Waals surface area (Å²) in [6.07, 6.45) is 1.63. The van der Waals surface area contributed by atoms with Crippen LogP contribution < -0.4 is 10.2 Å². The van der Waals surface area contributed by atoms with Gasteiger partial charge in [0.15, 0.2) is 0 Å². The molecule has 0 aliphatic heterocycles. The average Bonchev–Trinajstić information content (AvgIpc) is 3.35. The molecule has 0 atom stereocenters. The molecule has 7 nitrogen and oxygen atoms in total. The summed E-state index contributed by atoms with van der Waals surface area (Å²) in [7, 11) is 0. The molecule has 1 amide bonds. The first-order valence-electron chi connectivity index (χ1n) is 8.28. The Morgan fingerprint density at radius 2 is 2.11 bits per heavy atom. The van der Waals surface area contributed by atoms with Crippen LogP contribution in [0, 0.1) is 6.92 Å². The number of aryl methyl sites for hydroxylation is 1. The van der Waals surface area contributed by atoms with Crippen molar-refractivity contribution in [1.82, 2.24) is 4.57 Å². The maximum absolute atomic E-state index is 12.4. The quantitative estimate of drug-likeness (QED) is 0.604. The first kappa shape index (κ1) is 19.1. The van der Waals surface area contributed by atoms with E-state index in [4.69, 9.17) is 9.15 Å². The summed E-state index contributed by atoms with van der Waals surface area (Å²) in [5.74, 6) is -0.286. The van der Waals surface area contributed by atoms with E-state index in [0.717, 1.165) is 17.0 Å². The van der Waals surface area contributed by atoms with Gasteiger partial charge in [-0.25, -0.2) is 4.79 Å². The summed E-state index contributed by atoms with van der Waals surface area (Å²) in [5, 5.41) is 6.66. The van der Waals surface area contributed by atoms with Gasteiger partial charge < -0.3 is 19.0 Å². The van der Waals surface area contributed by atoms with Gasteiger partial charge in [-0.2, -0.15) is 0 Å². The van der Waals surface area contributed by atoms with Crippen molar-refractivity contribution in [3.63, 3.8) is 0 Å². The summed E-state index contributed by atoms with van der Waals surface area (Å²) >= 11 is 2.33. The van der Waals surface area contributed by atoms with E-state index < -0.39 is 5.97 Å².